The van der Waals surface area contributed by atoms with Crippen LogP contribution in [0.15, 0.2) is 59.3 Å². The van der Waals surface area contributed by atoms with Gasteiger partial charge in [0, 0.05) is 10.8 Å². The molecule has 1 aliphatic rings. The van der Waals surface area contributed by atoms with Gasteiger partial charge in [0.05, 0.1) is 16.1 Å². The molecule has 1 amide bonds. The van der Waals surface area contributed by atoms with Crippen molar-refractivity contribution < 1.29 is 19.4 Å². The van der Waals surface area contributed by atoms with Crippen LogP contribution in [0.25, 0.3) is 20.7 Å². The molecule has 6 nitrogen and oxygen atoms in total. The number of thiophene rings is 1. The number of carboxylic acids is 1. The fraction of sp³-hybridized carbons (Fsp3) is 0.208. The summed E-state index contributed by atoms with van der Waals surface area (Å²) in [5.41, 5.74) is -0.0894. The molecule has 0 spiro atoms. The van der Waals surface area contributed by atoms with Gasteiger partial charge in [-0.3, -0.25) is 4.79 Å². The first-order valence-corrected chi connectivity index (χ1v) is 12.0. The van der Waals surface area contributed by atoms with Crippen LogP contribution in [0.2, 0.25) is 0 Å². The fourth-order valence-electron chi connectivity index (χ4n) is 3.82. The third-order valence-corrected chi connectivity index (χ3v) is 7.67. The second kappa shape index (κ2) is 8.37. The Morgan fingerprint density at radius 2 is 1.94 bits per heavy atom. The molecule has 32 heavy (non-hydrogen) atoms. The number of hydrogen-bond acceptors (Lipinski definition) is 6. The molecule has 2 aromatic carbocycles. The molecule has 162 valence electrons. The Bertz CT molecular complexity index is 1290. The van der Waals surface area contributed by atoms with E-state index in [2.05, 4.69) is 10.3 Å². The van der Waals surface area contributed by atoms with E-state index in [0.717, 1.165) is 32.8 Å². The van der Waals surface area contributed by atoms with Crippen LogP contribution >= 0.6 is 22.7 Å². The Morgan fingerprint density at radius 3 is 2.66 bits per heavy atom. The number of rotatable bonds is 7. The van der Waals surface area contributed by atoms with Crippen molar-refractivity contribution in [2.24, 2.45) is 0 Å². The molecule has 0 atom stereocenters. The van der Waals surface area contributed by atoms with Crippen molar-refractivity contribution in [3.8, 4) is 15.6 Å². The van der Waals surface area contributed by atoms with Crippen LogP contribution in [0, 0.1) is 0 Å². The molecule has 2 heterocycles. The molecule has 0 bridgehead atoms. The number of carboxylic acid groups (broad SMARTS) is 1. The molecular formula is C24H20N2O4S2. The zero-order valence-corrected chi connectivity index (χ0v) is 18.7. The Hall–Kier alpha value is -3.23. The number of nitrogens with zero attached hydrogens (tertiary/aromatic N) is 1. The number of nitrogens with one attached hydrogen (secondary N) is 1. The summed E-state index contributed by atoms with van der Waals surface area (Å²) in [5, 5.41) is 19.0. The number of aromatic nitrogens is 1. The third kappa shape index (κ3) is 3.76. The van der Waals surface area contributed by atoms with Crippen LogP contribution in [0.5, 0.6) is 5.75 Å². The van der Waals surface area contributed by atoms with Gasteiger partial charge in [-0.1, -0.05) is 36.4 Å². The monoisotopic (exact) mass is 464 g/mol. The highest BCUT2D eigenvalue weighted by Gasteiger charge is 2.46. The number of hydrogen-bond donors (Lipinski definition) is 2. The first kappa shape index (κ1) is 20.7. The maximum Gasteiger partial charge on any atom is 0.329 e. The Labute approximate surface area is 192 Å². The van der Waals surface area contributed by atoms with Gasteiger partial charge in [0.25, 0.3) is 5.91 Å². The smallest absolute Gasteiger partial charge is 0.329 e. The van der Waals surface area contributed by atoms with Gasteiger partial charge >= 0.3 is 5.97 Å². The van der Waals surface area contributed by atoms with E-state index in [1.807, 2.05) is 53.2 Å². The minimum Gasteiger partial charge on any atom is -0.486 e. The van der Waals surface area contributed by atoms with Crippen LogP contribution in [0.1, 0.15) is 35.3 Å². The summed E-state index contributed by atoms with van der Waals surface area (Å²) >= 11 is 3.19. The number of aliphatic carboxylic acids is 1. The minimum atomic E-state index is -1.19. The van der Waals surface area contributed by atoms with Gasteiger partial charge in [-0.2, -0.15) is 0 Å². The largest absolute Gasteiger partial charge is 0.486 e. The Balaban J connectivity index is 1.44. The molecule has 8 heteroatoms. The van der Waals surface area contributed by atoms with Gasteiger partial charge in [0.15, 0.2) is 0 Å². The van der Waals surface area contributed by atoms with E-state index in [-0.39, 0.29) is 6.61 Å². The van der Waals surface area contributed by atoms with E-state index in [1.165, 1.54) is 0 Å². The third-order valence-electron chi connectivity index (χ3n) is 5.74. The lowest BCUT2D eigenvalue weighted by Crippen LogP contribution is -2.59. The number of fused-ring (bicyclic) bond motifs is 1. The molecule has 1 aliphatic carbocycles. The van der Waals surface area contributed by atoms with E-state index in [0.29, 0.717) is 24.2 Å². The van der Waals surface area contributed by atoms with E-state index < -0.39 is 17.4 Å². The van der Waals surface area contributed by atoms with E-state index in [4.69, 9.17) is 4.74 Å². The molecular weight excluding hydrogens is 444 g/mol. The molecule has 1 fully saturated rings. The average Bonchev–Trinajstić information content (AvgIpc) is 3.46. The lowest BCUT2D eigenvalue weighted by atomic mass is 9.76. The van der Waals surface area contributed by atoms with Crippen LogP contribution in [-0.2, 0) is 11.4 Å². The van der Waals surface area contributed by atoms with Crippen LogP contribution in [0.3, 0.4) is 0 Å². The number of amides is 1. The summed E-state index contributed by atoms with van der Waals surface area (Å²) in [7, 11) is 0. The summed E-state index contributed by atoms with van der Waals surface area (Å²) in [6.07, 6.45) is 1.65. The molecule has 0 saturated heterocycles. The topological polar surface area (TPSA) is 88.5 Å². The normalized spacial score (nSPS) is 14.6. The fourth-order valence-corrected chi connectivity index (χ4v) is 5.44. The summed E-state index contributed by atoms with van der Waals surface area (Å²) in [6, 6.07) is 15.2. The standard InChI is InChI=1S/C24H20N2O4S2/c27-21(26-24(23(28)29)10-4-11-24)18-9-8-15-5-1-2-6-17(15)20(18)30-13-16-14-32-22(25-16)19-7-3-12-31-19/h1-3,5-9,12,14H,4,10-11,13H2,(H,26,27)(H,28,29). The van der Waals surface area contributed by atoms with Gasteiger partial charge in [-0.05, 0) is 42.2 Å². The van der Waals surface area contributed by atoms with Gasteiger partial charge in [-0.25, -0.2) is 9.78 Å². The molecule has 0 unspecified atom stereocenters. The number of carbonyl (C=O) groups is 2. The van der Waals surface area contributed by atoms with Crippen molar-refractivity contribution in [3.05, 3.63) is 70.5 Å². The number of ether oxygens (including phenoxy) is 1. The summed E-state index contributed by atoms with van der Waals surface area (Å²) in [5.74, 6) is -1.000. The molecule has 2 N–H and O–H groups in total. The predicted molar refractivity (Wildman–Crippen MR) is 125 cm³/mol. The molecule has 0 aliphatic heterocycles. The summed E-state index contributed by atoms with van der Waals surface area (Å²) in [4.78, 5) is 30.6. The van der Waals surface area contributed by atoms with E-state index in [1.54, 1.807) is 28.7 Å². The van der Waals surface area contributed by atoms with E-state index >= 15 is 0 Å². The SMILES string of the molecule is O=C(NC1(C(=O)O)CCC1)c1ccc2ccccc2c1OCc1csc(-c2cccs2)n1. The molecule has 0 radical (unpaired) electrons. The highest BCUT2D eigenvalue weighted by molar-refractivity contribution is 7.20. The molecule has 1 saturated carbocycles. The van der Waals surface area contributed by atoms with Crippen LogP contribution < -0.4 is 10.1 Å². The lowest BCUT2D eigenvalue weighted by molar-refractivity contribution is -0.148. The Kier molecular flexibility index (Phi) is 5.40. The highest BCUT2D eigenvalue weighted by Crippen LogP contribution is 2.35. The second-order valence-electron chi connectivity index (χ2n) is 7.77. The number of carbonyl (C=O) groups excluding carboxylic acids is 1. The zero-order valence-electron chi connectivity index (χ0n) is 17.0. The number of benzene rings is 2. The van der Waals surface area contributed by atoms with Crippen LogP contribution in [0.4, 0.5) is 0 Å². The van der Waals surface area contributed by atoms with Gasteiger partial charge in [0.2, 0.25) is 0 Å². The van der Waals surface area contributed by atoms with Crippen molar-refractivity contribution >= 4 is 45.3 Å². The van der Waals surface area contributed by atoms with Gasteiger partial charge < -0.3 is 15.2 Å². The lowest BCUT2D eigenvalue weighted by Gasteiger charge is -2.38. The molecule has 4 aromatic rings. The van der Waals surface area contributed by atoms with Crippen molar-refractivity contribution in [2.75, 3.05) is 0 Å². The first-order valence-electron chi connectivity index (χ1n) is 10.2. The maximum atomic E-state index is 13.1. The molecule has 5 rings (SSSR count). The first-order chi connectivity index (χ1) is 15.6. The van der Waals surface area contributed by atoms with Crippen molar-refractivity contribution in [1.82, 2.24) is 10.3 Å². The highest BCUT2D eigenvalue weighted by atomic mass is 32.1. The predicted octanol–water partition coefficient (Wildman–Crippen LogP) is 5.34. The minimum absolute atomic E-state index is 0.209. The quantitative estimate of drug-likeness (QED) is 0.385. The summed E-state index contributed by atoms with van der Waals surface area (Å²) in [6.45, 7) is 0.209. The van der Waals surface area contributed by atoms with Crippen molar-refractivity contribution in [1.29, 1.82) is 0 Å². The average molecular weight is 465 g/mol. The van der Waals surface area contributed by atoms with Gasteiger partial charge in [0.1, 0.15) is 22.9 Å². The summed E-state index contributed by atoms with van der Waals surface area (Å²) < 4.78 is 6.15. The van der Waals surface area contributed by atoms with Crippen molar-refractivity contribution in [2.45, 2.75) is 31.4 Å². The zero-order chi connectivity index (χ0) is 22.1. The second-order valence-corrected chi connectivity index (χ2v) is 9.57. The Morgan fingerprint density at radius 1 is 1.09 bits per heavy atom. The number of thiazole rings is 1. The van der Waals surface area contributed by atoms with Crippen molar-refractivity contribution in [3.63, 3.8) is 0 Å². The van der Waals surface area contributed by atoms with E-state index in [9.17, 15) is 14.7 Å². The maximum absolute atomic E-state index is 13.1. The molecule has 2 aromatic heterocycles. The van der Waals surface area contributed by atoms with Crippen LogP contribution in [-0.4, -0.2) is 27.5 Å². The van der Waals surface area contributed by atoms with Gasteiger partial charge in [-0.15, -0.1) is 22.7 Å².